The van der Waals surface area contributed by atoms with Crippen molar-refractivity contribution < 1.29 is 0 Å². The van der Waals surface area contributed by atoms with Crippen LogP contribution in [0.3, 0.4) is 0 Å². The molecule has 2 atom stereocenters. The van der Waals surface area contributed by atoms with Crippen molar-refractivity contribution in [2.75, 3.05) is 11.5 Å². The van der Waals surface area contributed by atoms with E-state index in [4.69, 9.17) is 0 Å². The smallest absolute Gasteiger partial charge is 0.0315 e. The van der Waals surface area contributed by atoms with Crippen molar-refractivity contribution in [3.63, 3.8) is 0 Å². The molecule has 2 unspecified atom stereocenters. The number of nitrogens with zero attached hydrogens (tertiary/aromatic N) is 1. The molecule has 2 rings (SSSR count). The van der Waals surface area contributed by atoms with E-state index in [0.29, 0.717) is 17.5 Å². The van der Waals surface area contributed by atoms with Crippen LogP contribution < -0.4 is 5.32 Å². The lowest BCUT2D eigenvalue weighted by molar-refractivity contribution is 0.232. The van der Waals surface area contributed by atoms with Crippen molar-refractivity contribution in [3.05, 3.63) is 30.1 Å². The van der Waals surface area contributed by atoms with Crippen LogP contribution in [0.1, 0.15) is 38.8 Å². The van der Waals surface area contributed by atoms with Crippen LogP contribution in [0.4, 0.5) is 0 Å². The first kappa shape index (κ1) is 12.9. The van der Waals surface area contributed by atoms with E-state index in [2.05, 4.69) is 48.9 Å². The third-order valence-electron chi connectivity index (χ3n) is 3.75. The molecule has 17 heavy (non-hydrogen) atoms. The Bertz CT molecular complexity index is 350. The second kappa shape index (κ2) is 5.40. The summed E-state index contributed by atoms with van der Waals surface area (Å²) >= 11 is 2.06. The van der Waals surface area contributed by atoms with Crippen LogP contribution in [0.5, 0.6) is 0 Å². The van der Waals surface area contributed by atoms with Crippen molar-refractivity contribution in [2.45, 2.75) is 39.3 Å². The molecule has 0 amide bonds. The van der Waals surface area contributed by atoms with Gasteiger partial charge in [-0.2, -0.15) is 11.8 Å². The van der Waals surface area contributed by atoms with E-state index < -0.39 is 0 Å². The number of nitrogens with one attached hydrogen (secondary N) is 1. The molecule has 1 N–H and O–H groups in total. The lowest BCUT2D eigenvalue weighted by Crippen LogP contribution is -2.47. The Morgan fingerprint density at radius 3 is 3.00 bits per heavy atom. The summed E-state index contributed by atoms with van der Waals surface area (Å²) in [6.07, 6.45) is 5.09. The van der Waals surface area contributed by atoms with Crippen molar-refractivity contribution >= 4 is 11.8 Å². The Hall–Kier alpha value is -0.540. The van der Waals surface area contributed by atoms with Gasteiger partial charge in [0.25, 0.3) is 0 Å². The number of pyridine rings is 1. The van der Waals surface area contributed by atoms with Crippen LogP contribution in [-0.4, -0.2) is 22.5 Å². The lowest BCUT2D eigenvalue weighted by atomic mass is 9.82. The van der Waals surface area contributed by atoms with E-state index in [9.17, 15) is 0 Å². The van der Waals surface area contributed by atoms with Gasteiger partial charge in [-0.3, -0.25) is 4.98 Å². The van der Waals surface area contributed by atoms with Crippen LogP contribution in [0, 0.1) is 5.41 Å². The summed E-state index contributed by atoms with van der Waals surface area (Å²) in [5.41, 5.74) is 1.68. The van der Waals surface area contributed by atoms with Gasteiger partial charge >= 0.3 is 0 Å². The molecule has 0 spiro atoms. The molecule has 1 aliphatic rings. The largest absolute Gasteiger partial charge is 0.306 e. The first-order valence-corrected chi connectivity index (χ1v) is 7.49. The summed E-state index contributed by atoms with van der Waals surface area (Å²) in [6.45, 7) is 6.98. The van der Waals surface area contributed by atoms with Crippen LogP contribution in [0.2, 0.25) is 0 Å². The summed E-state index contributed by atoms with van der Waals surface area (Å²) in [4.78, 5) is 4.19. The Morgan fingerprint density at radius 2 is 2.35 bits per heavy atom. The van der Waals surface area contributed by atoms with E-state index in [0.717, 1.165) is 0 Å². The van der Waals surface area contributed by atoms with Gasteiger partial charge in [0, 0.05) is 30.2 Å². The first-order chi connectivity index (χ1) is 8.09. The van der Waals surface area contributed by atoms with E-state index >= 15 is 0 Å². The monoisotopic (exact) mass is 250 g/mol. The van der Waals surface area contributed by atoms with Gasteiger partial charge in [-0.05, 0) is 36.1 Å². The Kier molecular flexibility index (Phi) is 4.10. The van der Waals surface area contributed by atoms with E-state index in [-0.39, 0.29) is 0 Å². The molecule has 0 radical (unpaired) electrons. The Labute approximate surface area is 109 Å². The maximum absolute atomic E-state index is 4.19. The maximum Gasteiger partial charge on any atom is 0.0315 e. The molecule has 1 saturated heterocycles. The third-order valence-corrected chi connectivity index (χ3v) is 4.82. The quantitative estimate of drug-likeness (QED) is 0.891. The van der Waals surface area contributed by atoms with Gasteiger partial charge < -0.3 is 5.32 Å². The highest BCUT2D eigenvalue weighted by Crippen LogP contribution is 2.35. The molecule has 0 saturated carbocycles. The standard InChI is InChI=1S/C14H22N2S/c1-11(12-5-4-7-15-9-12)16-13-10-17-8-6-14(13,2)3/h4-5,7,9,11,13,16H,6,8,10H2,1-3H3. The fraction of sp³-hybridized carbons (Fsp3) is 0.643. The van der Waals surface area contributed by atoms with Gasteiger partial charge in [0.2, 0.25) is 0 Å². The van der Waals surface area contributed by atoms with Gasteiger partial charge in [-0.25, -0.2) is 0 Å². The molecule has 0 aromatic carbocycles. The highest BCUT2D eigenvalue weighted by Gasteiger charge is 2.33. The number of rotatable bonds is 3. The van der Waals surface area contributed by atoms with Gasteiger partial charge in [0.1, 0.15) is 0 Å². The summed E-state index contributed by atoms with van der Waals surface area (Å²) in [7, 11) is 0. The SMILES string of the molecule is CC(NC1CSCCC1(C)C)c1cccnc1. The van der Waals surface area contributed by atoms with E-state index in [1.54, 1.807) is 0 Å². The number of aromatic nitrogens is 1. The lowest BCUT2D eigenvalue weighted by Gasteiger charge is -2.40. The van der Waals surface area contributed by atoms with Crippen molar-refractivity contribution in [3.8, 4) is 0 Å². The Balaban J connectivity index is 2.00. The van der Waals surface area contributed by atoms with Gasteiger partial charge in [-0.15, -0.1) is 0 Å². The van der Waals surface area contributed by atoms with Crippen molar-refractivity contribution in [1.82, 2.24) is 10.3 Å². The van der Waals surface area contributed by atoms with Gasteiger partial charge in [0.05, 0.1) is 0 Å². The zero-order chi connectivity index (χ0) is 12.3. The molecule has 2 heterocycles. The molecule has 1 aromatic heterocycles. The minimum absolute atomic E-state index is 0.381. The molecule has 1 aliphatic heterocycles. The van der Waals surface area contributed by atoms with E-state index in [1.807, 2.05) is 18.5 Å². The molecule has 1 aromatic rings. The highest BCUT2D eigenvalue weighted by atomic mass is 32.2. The average Bonchev–Trinajstić information content (AvgIpc) is 2.33. The van der Waals surface area contributed by atoms with Crippen LogP contribution in [-0.2, 0) is 0 Å². The molecule has 0 bridgehead atoms. The highest BCUT2D eigenvalue weighted by molar-refractivity contribution is 7.99. The normalized spacial score (nSPS) is 25.5. The zero-order valence-electron chi connectivity index (χ0n) is 10.9. The van der Waals surface area contributed by atoms with Gasteiger partial charge in [0.15, 0.2) is 0 Å². The zero-order valence-corrected chi connectivity index (χ0v) is 11.8. The van der Waals surface area contributed by atoms with E-state index in [1.165, 1.54) is 23.5 Å². The number of thioether (sulfide) groups is 1. The molecular weight excluding hydrogens is 228 g/mol. The molecule has 2 nitrogen and oxygen atoms in total. The Morgan fingerprint density at radius 1 is 1.53 bits per heavy atom. The predicted molar refractivity (Wildman–Crippen MR) is 75.3 cm³/mol. The minimum atomic E-state index is 0.381. The number of hydrogen-bond donors (Lipinski definition) is 1. The minimum Gasteiger partial charge on any atom is -0.306 e. The van der Waals surface area contributed by atoms with Crippen molar-refractivity contribution in [2.24, 2.45) is 5.41 Å². The summed E-state index contributed by atoms with van der Waals surface area (Å²) < 4.78 is 0. The second-order valence-corrected chi connectivity index (χ2v) is 6.69. The fourth-order valence-corrected chi connectivity index (χ4v) is 3.86. The third kappa shape index (κ3) is 3.23. The molecule has 1 fully saturated rings. The molecule has 3 heteroatoms. The number of hydrogen-bond acceptors (Lipinski definition) is 3. The average molecular weight is 250 g/mol. The first-order valence-electron chi connectivity index (χ1n) is 6.33. The topological polar surface area (TPSA) is 24.9 Å². The van der Waals surface area contributed by atoms with Gasteiger partial charge in [-0.1, -0.05) is 19.9 Å². The summed E-state index contributed by atoms with van der Waals surface area (Å²) in [6, 6.07) is 5.13. The summed E-state index contributed by atoms with van der Waals surface area (Å²) in [5, 5.41) is 3.76. The van der Waals surface area contributed by atoms with Crippen LogP contribution in [0.25, 0.3) is 0 Å². The maximum atomic E-state index is 4.19. The molecular formula is C14H22N2S. The van der Waals surface area contributed by atoms with Crippen molar-refractivity contribution in [1.29, 1.82) is 0 Å². The van der Waals surface area contributed by atoms with Crippen LogP contribution >= 0.6 is 11.8 Å². The molecule has 94 valence electrons. The predicted octanol–water partition coefficient (Wildman–Crippen LogP) is 3.26. The molecule has 0 aliphatic carbocycles. The van der Waals surface area contributed by atoms with Crippen LogP contribution in [0.15, 0.2) is 24.5 Å². The fourth-order valence-electron chi connectivity index (χ4n) is 2.24. The second-order valence-electron chi connectivity index (χ2n) is 5.54. The summed E-state index contributed by atoms with van der Waals surface area (Å²) in [5.74, 6) is 2.52.